The highest BCUT2D eigenvalue weighted by Gasteiger charge is 2.30. The average Bonchev–Trinajstić information content (AvgIpc) is 3.84. The number of H-pyrrole nitrogens is 1. The van der Waals surface area contributed by atoms with Gasteiger partial charge in [0.2, 0.25) is 0 Å². The standard InChI is InChI=1S/C23H18N2O6.C16H12N2O3/c26-22(13-24-23(27)31-16-11-9-15(10-12-16)25(28)29)30-14-21-19-7-3-1-5-17(19)18-6-2-4-8-20(18)21;19-15-17-18-16(21-15)20-9-14-12-7-3-1-5-10(12)11-6-2-4-8-13(11)14/h1-12,21H,13-14H2,(H,24,27);1-8,14H,9H2,(H,17,19). The molecule has 2 aliphatic rings. The van der Waals surface area contributed by atoms with E-state index in [0.29, 0.717) is 6.61 Å². The molecule has 52 heavy (non-hydrogen) atoms. The lowest BCUT2D eigenvalue weighted by Gasteiger charge is -2.14. The molecule has 1 aromatic heterocycles. The van der Waals surface area contributed by atoms with Crippen LogP contribution >= 0.6 is 0 Å². The number of fused-ring (bicyclic) bond motifs is 6. The molecule has 0 saturated heterocycles. The van der Waals surface area contributed by atoms with Crippen LogP contribution in [-0.4, -0.2) is 46.9 Å². The molecule has 0 fully saturated rings. The third-order valence-corrected chi connectivity index (χ3v) is 8.76. The van der Waals surface area contributed by atoms with Crippen LogP contribution in [0, 0.1) is 10.1 Å². The normalized spacial score (nSPS) is 12.3. The van der Waals surface area contributed by atoms with Crippen LogP contribution in [0.1, 0.15) is 34.1 Å². The molecule has 0 aliphatic heterocycles. The number of aromatic nitrogens is 2. The molecule has 0 bridgehead atoms. The van der Waals surface area contributed by atoms with Crippen molar-refractivity contribution >= 4 is 17.7 Å². The molecule has 5 aromatic carbocycles. The summed E-state index contributed by atoms with van der Waals surface area (Å²) in [5.74, 6) is -1.04. The first-order chi connectivity index (χ1) is 25.4. The van der Waals surface area contributed by atoms with Crippen LogP contribution < -0.4 is 20.5 Å². The minimum absolute atomic E-state index is 0.0261. The predicted molar refractivity (Wildman–Crippen MR) is 188 cm³/mol. The lowest BCUT2D eigenvalue weighted by molar-refractivity contribution is -0.384. The molecule has 1 heterocycles. The van der Waals surface area contributed by atoms with Crippen LogP contribution in [0.2, 0.25) is 0 Å². The zero-order chi connectivity index (χ0) is 36.0. The van der Waals surface area contributed by atoms with E-state index in [1.165, 1.54) is 46.5 Å². The van der Waals surface area contributed by atoms with Gasteiger partial charge in [-0.1, -0.05) is 102 Å². The number of hydrogen-bond acceptors (Lipinski definition) is 10. The quantitative estimate of drug-likeness (QED) is 0.0951. The third-order valence-electron chi connectivity index (χ3n) is 8.76. The van der Waals surface area contributed by atoms with Crippen molar-refractivity contribution in [3.63, 3.8) is 0 Å². The Morgan fingerprint density at radius 3 is 1.67 bits per heavy atom. The molecule has 2 N–H and O–H groups in total. The molecule has 0 spiro atoms. The van der Waals surface area contributed by atoms with E-state index in [2.05, 4.69) is 39.8 Å². The molecule has 1 amide bonds. The Labute approximate surface area is 295 Å². The van der Waals surface area contributed by atoms with E-state index in [1.807, 2.05) is 72.8 Å². The molecule has 0 saturated carbocycles. The zero-order valence-corrected chi connectivity index (χ0v) is 27.4. The number of nitrogens with zero attached hydrogens (tertiary/aromatic N) is 2. The molecular weight excluding hydrogens is 668 g/mol. The highest BCUT2D eigenvalue weighted by Crippen LogP contribution is 2.45. The first kappa shape index (κ1) is 33.5. The average molecular weight is 699 g/mol. The highest BCUT2D eigenvalue weighted by atomic mass is 16.6. The summed E-state index contributed by atoms with van der Waals surface area (Å²) in [5.41, 5.74) is 9.23. The fraction of sp³-hybridized carbons (Fsp3) is 0.128. The van der Waals surface area contributed by atoms with Gasteiger partial charge in [-0.3, -0.25) is 14.9 Å². The van der Waals surface area contributed by atoms with Gasteiger partial charge in [0.05, 0.1) is 4.92 Å². The van der Waals surface area contributed by atoms with Crippen molar-refractivity contribution in [1.82, 2.24) is 15.5 Å². The van der Waals surface area contributed by atoms with Gasteiger partial charge in [-0.15, -0.1) is 0 Å². The van der Waals surface area contributed by atoms with Crippen LogP contribution in [-0.2, 0) is 9.53 Å². The van der Waals surface area contributed by atoms with Crippen LogP contribution in [0.15, 0.2) is 131 Å². The number of nitrogens with one attached hydrogen (secondary N) is 2. The summed E-state index contributed by atoms with van der Waals surface area (Å²) in [5, 5.41) is 18.8. The van der Waals surface area contributed by atoms with Crippen molar-refractivity contribution in [2.75, 3.05) is 19.8 Å². The molecule has 13 nitrogen and oxygen atoms in total. The lowest BCUT2D eigenvalue weighted by Crippen LogP contribution is -2.33. The molecule has 0 unspecified atom stereocenters. The lowest BCUT2D eigenvalue weighted by atomic mass is 9.98. The number of ether oxygens (including phenoxy) is 3. The van der Waals surface area contributed by atoms with Crippen molar-refractivity contribution in [1.29, 1.82) is 0 Å². The monoisotopic (exact) mass is 698 g/mol. The van der Waals surface area contributed by atoms with Gasteiger partial charge in [0.1, 0.15) is 25.5 Å². The fourth-order valence-electron chi connectivity index (χ4n) is 6.46. The number of aromatic amines is 1. The van der Waals surface area contributed by atoms with E-state index in [1.54, 1.807) is 0 Å². The Hall–Kier alpha value is -7.02. The summed E-state index contributed by atoms with van der Waals surface area (Å²) in [6.45, 7) is 0.176. The van der Waals surface area contributed by atoms with Gasteiger partial charge in [-0.2, -0.15) is 0 Å². The van der Waals surface area contributed by atoms with Crippen molar-refractivity contribution in [3.05, 3.63) is 164 Å². The number of esters is 1. The Morgan fingerprint density at radius 1 is 0.731 bits per heavy atom. The van der Waals surface area contributed by atoms with E-state index in [9.17, 15) is 24.5 Å². The van der Waals surface area contributed by atoms with Crippen molar-refractivity contribution in [2.24, 2.45) is 0 Å². The molecule has 13 heteroatoms. The fourth-order valence-corrected chi connectivity index (χ4v) is 6.46. The largest absolute Gasteiger partial charge is 0.463 e. The third kappa shape index (κ3) is 7.14. The number of nitro groups is 1. The maximum absolute atomic E-state index is 12.1. The Bertz CT molecular complexity index is 2220. The number of benzene rings is 5. The number of carbonyl (C=O) groups is 2. The summed E-state index contributed by atoms with van der Waals surface area (Å²) >= 11 is 0. The van der Waals surface area contributed by atoms with Gasteiger partial charge < -0.3 is 23.9 Å². The van der Waals surface area contributed by atoms with Gasteiger partial charge in [0, 0.05) is 24.0 Å². The summed E-state index contributed by atoms with van der Waals surface area (Å²) in [6, 6.07) is 37.6. The smallest absolute Gasteiger partial charge is 0.436 e. The Balaban J connectivity index is 0.000000174. The molecule has 8 rings (SSSR count). The molecule has 6 aromatic rings. The minimum Gasteiger partial charge on any atom is -0.463 e. The van der Waals surface area contributed by atoms with Gasteiger partial charge in [0.15, 0.2) is 0 Å². The van der Waals surface area contributed by atoms with Crippen LogP contribution in [0.4, 0.5) is 10.5 Å². The van der Waals surface area contributed by atoms with Crippen LogP contribution in [0.3, 0.4) is 0 Å². The van der Waals surface area contributed by atoms with Crippen LogP contribution in [0.5, 0.6) is 11.8 Å². The van der Waals surface area contributed by atoms with Crippen molar-refractivity contribution in [3.8, 4) is 34.1 Å². The van der Waals surface area contributed by atoms with E-state index in [-0.39, 0.29) is 42.5 Å². The topological polar surface area (TPSA) is 176 Å². The van der Waals surface area contributed by atoms with Crippen molar-refractivity contribution < 1.29 is 33.1 Å². The number of hydrogen-bond donors (Lipinski definition) is 2. The number of rotatable bonds is 9. The molecule has 260 valence electrons. The van der Waals surface area contributed by atoms with E-state index in [0.717, 1.165) is 22.3 Å². The molecule has 0 radical (unpaired) electrons. The van der Waals surface area contributed by atoms with E-state index >= 15 is 0 Å². The second-order valence-electron chi connectivity index (χ2n) is 11.8. The maximum atomic E-state index is 12.1. The van der Waals surface area contributed by atoms with E-state index < -0.39 is 22.7 Å². The maximum Gasteiger partial charge on any atom is 0.436 e. The molecular formula is C39H30N4O9. The zero-order valence-electron chi connectivity index (χ0n) is 27.4. The summed E-state index contributed by atoms with van der Waals surface area (Å²) < 4.78 is 20.7. The molecule has 2 aliphatic carbocycles. The van der Waals surface area contributed by atoms with Gasteiger partial charge in [0.25, 0.3) is 5.69 Å². The van der Waals surface area contributed by atoms with Gasteiger partial charge in [-0.25, -0.2) is 14.7 Å². The molecule has 0 atom stereocenters. The number of non-ortho nitro benzene ring substituents is 1. The summed E-state index contributed by atoms with van der Waals surface area (Å²) in [6.07, 6.45) is -0.885. The minimum atomic E-state index is -0.859. The second-order valence-corrected chi connectivity index (χ2v) is 11.8. The number of nitro benzene ring substituents is 1. The van der Waals surface area contributed by atoms with E-state index in [4.69, 9.17) is 18.6 Å². The number of amides is 1. The Morgan fingerprint density at radius 2 is 1.21 bits per heavy atom. The first-order valence-corrected chi connectivity index (χ1v) is 16.3. The SMILES string of the molecule is O=C(CNC(=O)Oc1ccc([N+](=O)[O-])cc1)OCC1c2ccccc2-c2ccccc21.O=c1[nH]nc(OCC2c3ccccc3-c3ccccc32)o1. The van der Waals surface area contributed by atoms with Crippen LogP contribution in [0.25, 0.3) is 22.3 Å². The highest BCUT2D eigenvalue weighted by molar-refractivity contribution is 5.81. The predicted octanol–water partition coefficient (Wildman–Crippen LogP) is 6.59. The first-order valence-electron chi connectivity index (χ1n) is 16.3. The van der Waals surface area contributed by atoms with Gasteiger partial charge >= 0.3 is 23.9 Å². The summed E-state index contributed by atoms with van der Waals surface area (Å²) in [4.78, 5) is 45.0. The Kier molecular flexibility index (Phi) is 9.56. The summed E-state index contributed by atoms with van der Waals surface area (Å²) in [7, 11) is 0. The van der Waals surface area contributed by atoms with Gasteiger partial charge in [-0.05, 0) is 56.6 Å². The number of carbonyl (C=O) groups excluding carboxylic acids is 2. The second kappa shape index (κ2) is 14.8. The van der Waals surface area contributed by atoms with Crippen molar-refractivity contribution in [2.45, 2.75) is 11.8 Å².